The smallest absolute Gasteiger partial charge is 0.142 e. The standard InChI is InChI=1S/C8H14N2O/c1-8(2,3)10-5-4-7(9)6-11-10/h4-6H,9H2,1-3H3. The number of allylic oxidation sites excluding steroid dienone is 1. The molecule has 1 aliphatic rings. The molecule has 0 aliphatic carbocycles. The Labute approximate surface area is 67.1 Å². The van der Waals surface area contributed by atoms with Gasteiger partial charge in [-0.3, -0.25) is 0 Å². The van der Waals surface area contributed by atoms with Gasteiger partial charge in [0.2, 0.25) is 0 Å². The highest BCUT2D eigenvalue weighted by molar-refractivity contribution is 5.14. The number of hydrogen-bond donors (Lipinski definition) is 1. The molecule has 3 nitrogen and oxygen atoms in total. The minimum Gasteiger partial charge on any atom is -0.396 e. The van der Waals surface area contributed by atoms with Crippen molar-refractivity contribution in [3.8, 4) is 0 Å². The molecule has 0 amide bonds. The van der Waals surface area contributed by atoms with E-state index in [1.54, 1.807) is 5.06 Å². The minimum atomic E-state index is -0.0201. The third-order valence-electron chi connectivity index (χ3n) is 1.37. The molecule has 0 radical (unpaired) electrons. The molecule has 0 bridgehead atoms. The van der Waals surface area contributed by atoms with Crippen LogP contribution in [0.3, 0.4) is 0 Å². The first-order valence-electron chi connectivity index (χ1n) is 3.60. The lowest BCUT2D eigenvalue weighted by molar-refractivity contribution is -0.124. The van der Waals surface area contributed by atoms with Gasteiger partial charge in [0, 0.05) is 6.20 Å². The second kappa shape index (κ2) is 2.49. The normalized spacial score (nSPS) is 17.7. The average molecular weight is 154 g/mol. The Hall–Kier alpha value is -1.12. The molecule has 0 aromatic rings. The molecule has 0 unspecified atom stereocenters. The number of rotatable bonds is 0. The van der Waals surface area contributed by atoms with Crippen LogP contribution in [0.4, 0.5) is 0 Å². The maximum atomic E-state index is 5.46. The van der Waals surface area contributed by atoms with Crippen LogP contribution in [0.5, 0.6) is 0 Å². The van der Waals surface area contributed by atoms with Crippen molar-refractivity contribution in [2.45, 2.75) is 26.3 Å². The minimum absolute atomic E-state index is 0.0201. The lowest BCUT2D eigenvalue weighted by atomic mass is 10.1. The zero-order valence-corrected chi connectivity index (χ0v) is 7.16. The van der Waals surface area contributed by atoms with E-state index in [1.807, 2.05) is 12.3 Å². The van der Waals surface area contributed by atoms with Crippen molar-refractivity contribution < 1.29 is 4.84 Å². The second-order valence-corrected chi connectivity index (χ2v) is 3.54. The molecule has 0 fully saturated rings. The fourth-order valence-corrected chi connectivity index (χ4v) is 0.728. The van der Waals surface area contributed by atoms with Crippen LogP contribution in [-0.2, 0) is 4.84 Å². The Morgan fingerprint density at radius 2 is 2.09 bits per heavy atom. The van der Waals surface area contributed by atoms with E-state index in [4.69, 9.17) is 10.6 Å². The first kappa shape index (κ1) is 7.98. The van der Waals surface area contributed by atoms with Crippen molar-refractivity contribution in [3.05, 3.63) is 24.2 Å². The Kier molecular flexibility index (Phi) is 1.81. The Bertz CT molecular complexity index is 201. The fraction of sp³-hybridized carbons (Fsp3) is 0.500. The summed E-state index contributed by atoms with van der Waals surface area (Å²) in [6, 6.07) is 0. The van der Waals surface area contributed by atoms with Gasteiger partial charge in [-0.25, -0.2) is 5.06 Å². The van der Waals surface area contributed by atoms with Crippen LogP contribution in [0.15, 0.2) is 24.2 Å². The van der Waals surface area contributed by atoms with Gasteiger partial charge < -0.3 is 10.6 Å². The molecule has 0 aromatic heterocycles. The molecular formula is C8H14N2O. The number of nitrogens with two attached hydrogens (primary N) is 1. The summed E-state index contributed by atoms with van der Waals surface area (Å²) in [4.78, 5) is 5.21. The Morgan fingerprint density at radius 3 is 2.45 bits per heavy atom. The molecule has 0 atom stereocenters. The summed E-state index contributed by atoms with van der Waals surface area (Å²) in [5.74, 6) is 0. The highest BCUT2D eigenvalue weighted by Crippen LogP contribution is 2.17. The number of hydrogen-bond acceptors (Lipinski definition) is 3. The van der Waals surface area contributed by atoms with Crippen LogP contribution in [-0.4, -0.2) is 10.6 Å². The summed E-state index contributed by atoms with van der Waals surface area (Å²) in [6.07, 6.45) is 5.18. The molecule has 1 heterocycles. The van der Waals surface area contributed by atoms with Gasteiger partial charge in [0.05, 0.1) is 11.2 Å². The van der Waals surface area contributed by atoms with Crippen molar-refractivity contribution in [3.63, 3.8) is 0 Å². The zero-order valence-electron chi connectivity index (χ0n) is 7.16. The van der Waals surface area contributed by atoms with Crippen LogP contribution in [0, 0.1) is 0 Å². The Morgan fingerprint density at radius 1 is 1.45 bits per heavy atom. The van der Waals surface area contributed by atoms with Crippen LogP contribution in [0.25, 0.3) is 0 Å². The Balaban J connectivity index is 2.63. The van der Waals surface area contributed by atoms with Gasteiger partial charge in [0.1, 0.15) is 6.26 Å². The summed E-state index contributed by atoms with van der Waals surface area (Å²) in [7, 11) is 0. The molecule has 62 valence electrons. The summed E-state index contributed by atoms with van der Waals surface area (Å²) in [5.41, 5.74) is 6.09. The largest absolute Gasteiger partial charge is 0.396 e. The summed E-state index contributed by atoms with van der Waals surface area (Å²) in [6.45, 7) is 6.19. The fourth-order valence-electron chi connectivity index (χ4n) is 0.728. The van der Waals surface area contributed by atoms with E-state index < -0.39 is 0 Å². The summed E-state index contributed by atoms with van der Waals surface area (Å²) < 4.78 is 0. The van der Waals surface area contributed by atoms with Crippen LogP contribution in [0.2, 0.25) is 0 Å². The average Bonchev–Trinajstić information content (AvgIpc) is 1.86. The zero-order chi connectivity index (χ0) is 8.48. The van der Waals surface area contributed by atoms with Crippen molar-refractivity contribution in [2.75, 3.05) is 0 Å². The summed E-state index contributed by atoms with van der Waals surface area (Å²) >= 11 is 0. The number of hydroxylamine groups is 2. The highest BCUT2D eigenvalue weighted by atomic mass is 16.7. The van der Waals surface area contributed by atoms with Gasteiger partial charge >= 0.3 is 0 Å². The van der Waals surface area contributed by atoms with Crippen LogP contribution >= 0.6 is 0 Å². The van der Waals surface area contributed by atoms with E-state index in [9.17, 15) is 0 Å². The summed E-state index contributed by atoms with van der Waals surface area (Å²) in [5, 5.41) is 1.75. The number of nitrogens with zero attached hydrogens (tertiary/aromatic N) is 1. The maximum absolute atomic E-state index is 5.46. The molecule has 1 aliphatic heterocycles. The van der Waals surface area contributed by atoms with Gasteiger partial charge in [-0.1, -0.05) is 0 Å². The predicted molar refractivity (Wildman–Crippen MR) is 44.1 cm³/mol. The van der Waals surface area contributed by atoms with E-state index in [0.717, 1.165) is 0 Å². The maximum Gasteiger partial charge on any atom is 0.142 e. The quantitative estimate of drug-likeness (QED) is 0.572. The molecule has 3 heteroatoms. The molecule has 0 saturated carbocycles. The molecule has 0 saturated heterocycles. The molecule has 1 rings (SSSR count). The van der Waals surface area contributed by atoms with Gasteiger partial charge in [-0.05, 0) is 26.8 Å². The van der Waals surface area contributed by atoms with Crippen LogP contribution in [0.1, 0.15) is 20.8 Å². The van der Waals surface area contributed by atoms with E-state index in [1.165, 1.54) is 6.26 Å². The highest BCUT2D eigenvalue weighted by Gasteiger charge is 2.20. The molecule has 0 spiro atoms. The lowest BCUT2D eigenvalue weighted by Crippen LogP contribution is -2.37. The predicted octanol–water partition coefficient (Wildman–Crippen LogP) is 1.35. The molecule has 2 N–H and O–H groups in total. The first-order valence-corrected chi connectivity index (χ1v) is 3.60. The third-order valence-corrected chi connectivity index (χ3v) is 1.37. The van der Waals surface area contributed by atoms with Gasteiger partial charge in [0.25, 0.3) is 0 Å². The van der Waals surface area contributed by atoms with Crippen molar-refractivity contribution >= 4 is 0 Å². The van der Waals surface area contributed by atoms with Gasteiger partial charge in [-0.15, -0.1) is 0 Å². The molecule has 0 aromatic carbocycles. The van der Waals surface area contributed by atoms with E-state index in [2.05, 4.69) is 20.8 Å². The van der Waals surface area contributed by atoms with E-state index in [-0.39, 0.29) is 5.54 Å². The molecular weight excluding hydrogens is 140 g/mol. The van der Waals surface area contributed by atoms with Crippen molar-refractivity contribution in [1.82, 2.24) is 5.06 Å². The molecule has 11 heavy (non-hydrogen) atoms. The van der Waals surface area contributed by atoms with Crippen molar-refractivity contribution in [2.24, 2.45) is 5.73 Å². The van der Waals surface area contributed by atoms with Gasteiger partial charge in [0.15, 0.2) is 0 Å². The lowest BCUT2D eigenvalue weighted by Gasteiger charge is -2.33. The third kappa shape index (κ3) is 1.90. The SMILES string of the molecule is CC(C)(C)N1C=CC(N)=CO1. The van der Waals surface area contributed by atoms with Gasteiger partial charge in [-0.2, -0.15) is 0 Å². The second-order valence-electron chi connectivity index (χ2n) is 3.54. The van der Waals surface area contributed by atoms with E-state index in [0.29, 0.717) is 5.70 Å². The van der Waals surface area contributed by atoms with Crippen LogP contribution < -0.4 is 5.73 Å². The topological polar surface area (TPSA) is 38.5 Å². The first-order chi connectivity index (χ1) is 5.00. The van der Waals surface area contributed by atoms with Crippen molar-refractivity contribution in [1.29, 1.82) is 0 Å². The monoisotopic (exact) mass is 154 g/mol. The van der Waals surface area contributed by atoms with E-state index >= 15 is 0 Å².